The molecule has 1 amide bonds. The second-order valence-electron chi connectivity index (χ2n) is 5.67. The van der Waals surface area contributed by atoms with Crippen molar-refractivity contribution >= 4 is 29.0 Å². The largest absolute Gasteiger partial charge is 0.477 e. The molecule has 126 valence electrons. The average Bonchev–Trinajstić information content (AvgIpc) is 2.95. The van der Waals surface area contributed by atoms with Gasteiger partial charge in [0.2, 0.25) is 0 Å². The molecule has 0 saturated carbocycles. The van der Waals surface area contributed by atoms with E-state index in [1.165, 1.54) is 0 Å². The van der Waals surface area contributed by atoms with E-state index < -0.39 is 5.97 Å². The van der Waals surface area contributed by atoms with Crippen LogP contribution in [0.5, 0.6) is 0 Å². The fourth-order valence-electron chi connectivity index (χ4n) is 2.96. The Kier molecular flexibility index (Phi) is 4.92. The van der Waals surface area contributed by atoms with Gasteiger partial charge in [-0.1, -0.05) is 0 Å². The van der Waals surface area contributed by atoms with Gasteiger partial charge in [0, 0.05) is 13.3 Å². The molecule has 0 spiro atoms. The number of ether oxygens (including phenoxy) is 1. The van der Waals surface area contributed by atoms with Gasteiger partial charge in [0.1, 0.15) is 10.7 Å². The van der Waals surface area contributed by atoms with E-state index in [4.69, 9.17) is 4.74 Å². The highest BCUT2D eigenvalue weighted by Crippen LogP contribution is 2.35. The number of methoxy groups -OCH3 is 1. The quantitative estimate of drug-likeness (QED) is 0.868. The highest BCUT2D eigenvalue weighted by Gasteiger charge is 2.27. The number of anilines is 1. The summed E-state index contributed by atoms with van der Waals surface area (Å²) >= 11 is 1.06. The van der Waals surface area contributed by atoms with Gasteiger partial charge < -0.3 is 15.2 Å². The van der Waals surface area contributed by atoms with Gasteiger partial charge >= 0.3 is 5.97 Å². The molecule has 2 aromatic heterocycles. The van der Waals surface area contributed by atoms with E-state index in [-0.39, 0.29) is 10.8 Å². The minimum absolute atomic E-state index is 0.288. The monoisotopic (exact) mass is 346 g/mol. The molecule has 1 aliphatic carbocycles. The molecule has 6 nitrogen and oxygen atoms in total. The number of carbonyl (C=O) groups excluding carboxylic acids is 1. The molecule has 0 unspecified atom stereocenters. The van der Waals surface area contributed by atoms with Gasteiger partial charge in [0.15, 0.2) is 0 Å². The minimum Gasteiger partial charge on any atom is -0.477 e. The number of carbonyl (C=O) groups is 2. The van der Waals surface area contributed by atoms with Gasteiger partial charge in [-0.25, -0.2) is 9.78 Å². The summed E-state index contributed by atoms with van der Waals surface area (Å²) in [5.74, 6) is -0.825. The first-order valence-electron chi connectivity index (χ1n) is 7.73. The van der Waals surface area contributed by atoms with Crippen molar-refractivity contribution in [3.05, 3.63) is 44.8 Å². The van der Waals surface area contributed by atoms with E-state index in [1.807, 2.05) is 6.07 Å². The van der Waals surface area contributed by atoms with Crippen molar-refractivity contribution in [3.63, 3.8) is 0 Å². The number of nitrogens with zero attached hydrogens (tertiary/aromatic N) is 1. The van der Waals surface area contributed by atoms with Gasteiger partial charge in [0.25, 0.3) is 5.91 Å². The van der Waals surface area contributed by atoms with Crippen molar-refractivity contribution in [3.8, 4) is 0 Å². The van der Waals surface area contributed by atoms with Crippen molar-refractivity contribution in [2.24, 2.45) is 0 Å². The number of amides is 1. The molecule has 0 atom stereocenters. The van der Waals surface area contributed by atoms with Crippen molar-refractivity contribution < 1.29 is 19.4 Å². The highest BCUT2D eigenvalue weighted by atomic mass is 32.1. The molecular weight excluding hydrogens is 328 g/mol. The predicted molar refractivity (Wildman–Crippen MR) is 90.8 cm³/mol. The summed E-state index contributed by atoms with van der Waals surface area (Å²) in [7, 11) is 1.60. The topological polar surface area (TPSA) is 88.5 Å². The van der Waals surface area contributed by atoms with Gasteiger partial charge in [-0.3, -0.25) is 4.79 Å². The van der Waals surface area contributed by atoms with E-state index in [2.05, 4.69) is 10.3 Å². The van der Waals surface area contributed by atoms with Crippen molar-refractivity contribution in [2.45, 2.75) is 32.3 Å². The molecule has 1 aliphatic rings. The van der Waals surface area contributed by atoms with Crippen molar-refractivity contribution in [1.82, 2.24) is 4.98 Å². The molecule has 2 N–H and O–H groups in total. The van der Waals surface area contributed by atoms with Crippen LogP contribution in [-0.2, 0) is 24.2 Å². The van der Waals surface area contributed by atoms with Crippen molar-refractivity contribution in [1.29, 1.82) is 0 Å². The fourth-order valence-corrected chi connectivity index (χ4v) is 4.09. The van der Waals surface area contributed by atoms with Crippen LogP contribution in [0, 0.1) is 0 Å². The number of aromatic carboxylic acids is 1. The lowest BCUT2D eigenvalue weighted by Crippen LogP contribution is -2.15. The zero-order valence-corrected chi connectivity index (χ0v) is 14.1. The summed E-state index contributed by atoms with van der Waals surface area (Å²) in [4.78, 5) is 29.0. The molecule has 2 heterocycles. The number of pyridine rings is 1. The van der Waals surface area contributed by atoms with Gasteiger partial charge in [-0.2, -0.15) is 0 Å². The van der Waals surface area contributed by atoms with Crippen molar-refractivity contribution in [2.75, 3.05) is 12.4 Å². The predicted octanol–water partition coefficient (Wildman–Crippen LogP) is 3.12. The molecule has 0 aromatic carbocycles. The molecule has 0 radical (unpaired) electrons. The number of carboxylic acid groups (broad SMARTS) is 1. The molecular formula is C17H18N2O4S. The Bertz CT molecular complexity index is 785. The Morgan fingerprint density at radius 1 is 1.29 bits per heavy atom. The van der Waals surface area contributed by atoms with Gasteiger partial charge in [-0.05, 0) is 54.5 Å². The Balaban J connectivity index is 1.88. The second-order valence-corrected chi connectivity index (χ2v) is 6.69. The standard InChI is InChI=1S/C17H18N2O4S/c1-23-9-10-6-7-18-13(8-10)19-16(20)14-11-4-2-3-5-12(11)15(24-14)17(21)22/h6-8H,2-5,9H2,1H3,(H,21,22)(H,18,19,20). The van der Waals surface area contributed by atoms with Crippen LogP contribution in [-0.4, -0.2) is 29.1 Å². The zero-order chi connectivity index (χ0) is 17.1. The number of carboxylic acids is 1. The number of hydrogen-bond donors (Lipinski definition) is 2. The second kappa shape index (κ2) is 7.11. The SMILES string of the molecule is COCc1ccnc(NC(=O)c2sc(C(=O)O)c3c2CCCC3)c1. The van der Waals surface area contributed by atoms with Crippen LogP contribution in [0.25, 0.3) is 0 Å². The van der Waals surface area contributed by atoms with E-state index in [0.717, 1.165) is 53.7 Å². The summed E-state index contributed by atoms with van der Waals surface area (Å²) in [5.41, 5.74) is 2.61. The van der Waals surface area contributed by atoms with Crippen LogP contribution in [0.1, 0.15) is 48.9 Å². The normalized spacial score (nSPS) is 13.4. The molecule has 7 heteroatoms. The van der Waals surface area contributed by atoms with Crippen LogP contribution in [0.15, 0.2) is 18.3 Å². The molecule has 24 heavy (non-hydrogen) atoms. The first-order chi connectivity index (χ1) is 11.6. The lowest BCUT2D eigenvalue weighted by Gasteiger charge is -2.13. The molecule has 0 fully saturated rings. The number of aromatic nitrogens is 1. The maximum absolute atomic E-state index is 12.6. The summed E-state index contributed by atoms with van der Waals surface area (Å²) in [6.07, 6.45) is 5.02. The van der Waals surface area contributed by atoms with Crippen LogP contribution in [0.2, 0.25) is 0 Å². The van der Waals surface area contributed by atoms with Gasteiger partial charge in [-0.15, -0.1) is 11.3 Å². The summed E-state index contributed by atoms with van der Waals surface area (Å²) in [6, 6.07) is 3.56. The number of fused-ring (bicyclic) bond motifs is 1. The summed E-state index contributed by atoms with van der Waals surface area (Å²) in [6.45, 7) is 0.433. The molecule has 2 aromatic rings. The first kappa shape index (κ1) is 16.6. The third-order valence-corrected chi connectivity index (χ3v) is 5.26. The summed E-state index contributed by atoms with van der Waals surface area (Å²) in [5, 5.41) is 12.1. The molecule has 0 aliphatic heterocycles. The van der Waals surface area contributed by atoms with E-state index >= 15 is 0 Å². The lowest BCUT2D eigenvalue weighted by atomic mass is 9.92. The average molecular weight is 346 g/mol. The lowest BCUT2D eigenvalue weighted by molar-refractivity contribution is 0.0700. The number of thiophene rings is 1. The molecule has 0 bridgehead atoms. The number of rotatable bonds is 5. The molecule has 3 rings (SSSR count). The van der Waals surface area contributed by atoms with Gasteiger partial charge in [0.05, 0.1) is 11.5 Å². The Morgan fingerprint density at radius 2 is 2.00 bits per heavy atom. The van der Waals surface area contributed by atoms with Crippen LogP contribution >= 0.6 is 11.3 Å². The fraction of sp³-hybridized carbons (Fsp3) is 0.353. The number of nitrogens with one attached hydrogen (secondary N) is 1. The van der Waals surface area contributed by atoms with Crippen LogP contribution in [0.3, 0.4) is 0 Å². The van der Waals surface area contributed by atoms with E-state index in [0.29, 0.717) is 17.3 Å². The first-order valence-corrected chi connectivity index (χ1v) is 8.55. The maximum Gasteiger partial charge on any atom is 0.346 e. The minimum atomic E-state index is -0.961. The Labute approximate surface area is 143 Å². The van der Waals surface area contributed by atoms with E-state index in [9.17, 15) is 14.7 Å². The highest BCUT2D eigenvalue weighted by molar-refractivity contribution is 7.16. The number of hydrogen-bond acceptors (Lipinski definition) is 5. The smallest absolute Gasteiger partial charge is 0.346 e. The molecule has 0 saturated heterocycles. The van der Waals surface area contributed by atoms with E-state index in [1.54, 1.807) is 19.4 Å². The van der Waals surface area contributed by atoms with Crippen LogP contribution < -0.4 is 5.32 Å². The summed E-state index contributed by atoms with van der Waals surface area (Å²) < 4.78 is 5.07. The maximum atomic E-state index is 12.6. The van der Waals surface area contributed by atoms with Crippen LogP contribution in [0.4, 0.5) is 5.82 Å². The Hall–Kier alpha value is -2.25. The zero-order valence-electron chi connectivity index (χ0n) is 13.3. The third-order valence-electron chi connectivity index (χ3n) is 4.00. The third kappa shape index (κ3) is 3.32. The Morgan fingerprint density at radius 3 is 2.67 bits per heavy atom.